The van der Waals surface area contributed by atoms with Gasteiger partial charge in [0.1, 0.15) is 0 Å². The Labute approximate surface area is 81.7 Å². The molecule has 0 unspecified atom stereocenters. The third-order valence-electron chi connectivity index (χ3n) is 1.99. The van der Waals surface area contributed by atoms with E-state index in [-0.39, 0.29) is 0 Å². The van der Waals surface area contributed by atoms with Crippen molar-refractivity contribution in [2.75, 3.05) is 0 Å². The van der Waals surface area contributed by atoms with Crippen molar-refractivity contribution in [3.05, 3.63) is 48.6 Å². The minimum Gasteiger partial charge on any atom is -0.479 e. The molecule has 0 radical (unpaired) electrons. The van der Waals surface area contributed by atoms with Gasteiger partial charge >= 0.3 is 5.97 Å². The van der Waals surface area contributed by atoms with Gasteiger partial charge in [-0.1, -0.05) is 36.4 Å². The Kier molecular flexibility index (Phi) is 3.40. The van der Waals surface area contributed by atoms with Crippen LogP contribution in [-0.4, -0.2) is 17.2 Å². The highest BCUT2D eigenvalue weighted by Gasteiger charge is 2.26. The van der Waals surface area contributed by atoms with Crippen molar-refractivity contribution in [2.24, 2.45) is 0 Å². The van der Waals surface area contributed by atoms with Crippen molar-refractivity contribution in [1.29, 1.82) is 0 Å². The first-order valence-electron chi connectivity index (χ1n) is 4.21. The van der Waals surface area contributed by atoms with Crippen LogP contribution in [0.25, 0.3) is 0 Å². The number of rotatable bonds is 4. The lowest BCUT2D eigenvalue weighted by molar-refractivity contribution is -0.143. The highest BCUT2D eigenvalue weighted by molar-refractivity contribution is 5.74. The first-order valence-corrected chi connectivity index (χ1v) is 4.21. The van der Waals surface area contributed by atoms with Gasteiger partial charge < -0.3 is 5.11 Å². The highest BCUT2D eigenvalue weighted by Crippen LogP contribution is 2.23. The average Bonchev–Trinajstić information content (AvgIpc) is 2.20. The number of alkyl halides is 1. The van der Waals surface area contributed by atoms with Crippen LogP contribution in [0.2, 0.25) is 0 Å². The molecule has 0 saturated carbocycles. The van der Waals surface area contributed by atoms with Crippen molar-refractivity contribution in [3.8, 4) is 0 Å². The second-order valence-corrected chi connectivity index (χ2v) is 2.91. The van der Waals surface area contributed by atoms with Crippen molar-refractivity contribution in [3.63, 3.8) is 0 Å². The maximum absolute atomic E-state index is 13.2. The van der Waals surface area contributed by atoms with Crippen molar-refractivity contribution in [2.45, 2.75) is 12.1 Å². The van der Waals surface area contributed by atoms with Crippen LogP contribution in [0.4, 0.5) is 4.39 Å². The van der Waals surface area contributed by atoms with Gasteiger partial charge in [-0.25, -0.2) is 9.18 Å². The molecule has 14 heavy (non-hydrogen) atoms. The number of aliphatic carboxylic acids is 1. The number of hydrogen-bond donors (Lipinski definition) is 1. The summed E-state index contributed by atoms with van der Waals surface area (Å²) in [7, 11) is 0. The van der Waals surface area contributed by atoms with Crippen LogP contribution in [0.15, 0.2) is 43.0 Å². The molecule has 0 saturated heterocycles. The first-order chi connectivity index (χ1) is 6.66. The average molecular weight is 194 g/mol. The maximum atomic E-state index is 13.2. The minimum absolute atomic E-state index is 0.623. The molecule has 0 aromatic heterocycles. The summed E-state index contributed by atoms with van der Waals surface area (Å²) in [5.74, 6) is -2.24. The Balaban J connectivity index is 2.93. The van der Waals surface area contributed by atoms with E-state index in [1.54, 1.807) is 30.3 Å². The molecule has 0 amide bonds. The predicted octanol–water partition coefficient (Wildman–Crippen LogP) is 2.38. The van der Waals surface area contributed by atoms with Gasteiger partial charge in [0.2, 0.25) is 6.17 Å². The Morgan fingerprint density at radius 3 is 2.43 bits per heavy atom. The minimum atomic E-state index is -1.94. The van der Waals surface area contributed by atoms with E-state index in [4.69, 9.17) is 5.11 Å². The summed E-state index contributed by atoms with van der Waals surface area (Å²) >= 11 is 0. The third-order valence-corrected chi connectivity index (χ3v) is 1.99. The molecule has 1 rings (SSSR count). The van der Waals surface area contributed by atoms with Crippen LogP contribution < -0.4 is 0 Å². The Morgan fingerprint density at radius 2 is 2.00 bits per heavy atom. The lowest BCUT2D eigenvalue weighted by atomic mass is 9.94. The van der Waals surface area contributed by atoms with Crippen LogP contribution >= 0.6 is 0 Å². The summed E-state index contributed by atoms with van der Waals surface area (Å²) in [5, 5.41) is 8.52. The quantitative estimate of drug-likeness (QED) is 0.747. The van der Waals surface area contributed by atoms with E-state index in [1.165, 1.54) is 6.08 Å². The van der Waals surface area contributed by atoms with Crippen molar-refractivity contribution < 1.29 is 14.3 Å². The number of hydrogen-bond acceptors (Lipinski definition) is 1. The molecule has 1 N–H and O–H groups in total. The topological polar surface area (TPSA) is 37.3 Å². The van der Waals surface area contributed by atoms with Crippen molar-refractivity contribution >= 4 is 5.97 Å². The van der Waals surface area contributed by atoms with Gasteiger partial charge in [0, 0.05) is 5.92 Å². The zero-order valence-corrected chi connectivity index (χ0v) is 7.56. The fraction of sp³-hybridized carbons (Fsp3) is 0.182. The highest BCUT2D eigenvalue weighted by atomic mass is 19.1. The second-order valence-electron chi connectivity index (χ2n) is 2.91. The summed E-state index contributed by atoms with van der Waals surface area (Å²) in [6, 6.07) is 8.63. The van der Waals surface area contributed by atoms with Crippen LogP contribution in [0.5, 0.6) is 0 Å². The first kappa shape index (κ1) is 10.4. The molecule has 2 nitrogen and oxygen atoms in total. The SMILES string of the molecule is C=C[C@@H](c1ccccc1)[C@H](F)C(=O)O. The van der Waals surface area contributed by atoms with E-state index in [0.29, 0.717) is 5.56 Å². The van der Waals surface area contributed by atoms with Gasteiger partial charge in [-0.15, -0.1) is 6.58 Å². The molecule has 0 spiro atoms. The molecular weight excluding hydrogens is 183 g/mol. The third kappa shape index (κ3) is 2.19. The zero-order chi connectivity index (χ0) is 10.6. The van der Waals surface area contributed by atoms with E-state index in [2.05, 4.69) is 6.58 Å². The Morgan fingerprint density at radius 1 is 1.43 bits per heavy atom. The lowest BCUT2D eigenvalue weighted by Gasteiger charge is -2.13. The molecule has 2 atom stereocenters. The normalized spacial score (nSPS) is 14.4. The van der Waals surface area contributed by atoms with Crippen LogP contribution in [0.3, 0.4) is 0 Å². The molecule has 1 aromatic carbocycles. The van der Waals surface area contributed by atoms with Gasteiger partial charge in [0.15, 0.2) is 0 Å². The standard InChI is InChI=1S/C11H11FO2/c1-2-9(10(12)11(13)14)8-6-4-3-5-7-8/h2-7,9-10H,1H2,(H,13,14)/t9-,10-/m0/s1. The van der Waals surface area contributed by atoms with E-state index in [1.807, 2.05) is 0 Å². The van der Waals surface area contributed by atoms with Crippen molar-refractivity contribution in [1.82, 2.24) is 0 Å². The van der Waals surface area contributed by atoms with Gasteiger partial charge in [-0.3, -0.25) is 0 Å². The second kappa shape index (κ2) is 4.56. The molecule has 1 aromatic rings. The smallest absolute Gasteiger partial charge is 0.339 e. The van der Waals surface area contributed by atoms with E-state index >= 15 is 0 Å². The van der Waals surface area contributed by atoms with E-state index in [9.17, 15) is 9.18 Å². The number of benzene rings is 1. The van der Waals surface area contributed by atoms with Crippen LogP contribution in [0, 0.1) is 0 Å². The van der Waals surface area contributed by atoms with Gasteiger partial charge in [-0.05, 0) is 5.56 Å². The van der Waals surface area contributed by atoms with Crippen LogP contribution in [0.1, 0.15) is 11.5 Å². The summed E-state index contributed by atoms with van der Waals surface area (Å²) in [4.78, 5) is 10.5. The fourth-order valence-electron chi connectivity index (χ4n) is 1.25. The van der Waals surface area contributed by atoms with Gasteiger partial charge in [0.25, 0.3) is 0 Å². The summed E-state index contributed by atoms with van der Waals surface area (Å²) in [5.41, 5.74) is 0.623. The Bertz CT molecular complexity index is 321. The van der Waals surface area contributed by atoms with Gasteiger partial charge in [0.05, 0.1) is 0 Å². The van der Waals surface area contributed by atoms with Gasteiger partial charge in [-0.2, -0.15) is 0 Å². The number of halogens is 1. The molecule has 0 heterocycles. The zero-order valence-electron chi connectivity index (χ0n) is 7.56. The molecule has 0 aliphatic carbocycles. The Hall–Kier alpha value is -1.64. The van der Waals surface area contributed by atoms with E-state index in [0.717, 1.165) is 0 Å². The number of carboxylic acid groups (broad SMARTS) is 1. The molecule has 0 aliphatic heterocycles. The molecule has 74 valence electrons. The number of carboxylic acids is 1. The molecule has 0 aliphatic rings. The molecule has 0 fully saturated rings. The van der Waals surface area contributed by atoms with E-state index < -0.39 is 18.1 Å². The molecular formula is C11H11FO2. The lowest BCUT2D eigenvalue weighted by Crippen LogP contribution is -2.21. The maximum Gasteiger partial charge on any atom is 0.339 e. The van der Waals surface area contributed by atoms with Crippen LogP contribution in [-0.2, 0) is 4.79 Å². The predicted molar refractivity (Wildman–Crippen MR) is 51.9 cm³/mol. The largest absolute Gasteiger partial charge is 0.479 e. The number of carbonyl (C=O) groups is 1. The summed E-state index contributed by atoms with van der Waals surface area (Å²) in [6.45, 7) is 3.44. The fourth-order valence-corrected chi connectivity index (χ4v) is 1.25. The summed E-state index contributed by atoms with van der Waals surface area (Å²) in [6.07, 6.45) is -0.622. The summed E-state index contributed by atoms with van der Waals surface area (Å²) < 4.78 is 13.2. The number of allylic oxidation sites excluding steroid dienone is 1. The molecule has 0 bridgehead atoms. The molecule has 3 heteroatoms. The monoisotopic (exact) mass is 194 g/mol.